The first-order valence-electron chi connectivity index (χ1n) is 7.53. The van der Waals surface area contributed by atoms with Crippen LogP contribution in [-0.2, 0) is 11.2 Å². The molecule has 2 rings (SSSR count). The van der Waals surface area contributed by atoms with Crippen molar-refractivity contribution in [3.8, 4) is 0 Å². The predicted molar refractivity (Wildman–Crippen MR) is 80.5 cm³/mol. The van der Waals surface area contributed by atoms with Crippen LogP contribution in [-0.4, -0.2) is 40.4 Å². The summed E-state index contributed by atoms with van der Waals surface area (Å²) in [5, 5.41) is 23.0. The second-order valence-corrected chi connectivity index (χ2v) is 5.77. The lowest BCUT2D eigenvalue weighted by molar-refractivity contribution is -0.123. The van der Waals surface area contributed by atoms with Crippen LogP contribution in [0.5, 0.6) is 0 Å². The third-order valence-electron chi connectivity index (χ3n) is 4.06. The van der Waals surface area contributed by atoms with E-state index in [9.17, 15) is 15.0 Å². The first kappa shape index (κ1) is 15.9. The van der Waals surface area contributed by atoms with E-state index in [0.717, 1.165) is 18.4 Å². The van der Waals surface area contributed by atoms with Gasteiger partial charge in [-0.05, 0) is 18.4 Å². The van der Waals surface area contributed by atoms with Crippen LogP contribution in [0.25, 0.3) is 0 Å². The zero-order valence-corrected chi connectivity index (χ0v) is 12.1. The van der Waals surface area contributed by atoms with E-state index in [0.29, 0.717) is 12.8 Å². The SMILES string of the molecule is N[C@H]1CCCC[C@@H](NC(=O)Cc2ccccc2)[C@@H](O)[C@H]1O. The molecule has 1 aliphatic carbocycles. The summed E-state index contributed by atoms with van der Waals surface area (Å²) >= 11 is 0. The monoisotopic (exact) mass is 292 g/mol. The van der Waals surface area contributed by atoms with Crippen LogP contribution in [0.15, 0.2) is 30.3 Å². The van der Waals surface area contributed by atoms with Crippen LogP contribution in [0.4, 0.5) is 0 Å². The van der Waals surface area contributed by atoms with E-state index < -0.39 is 24.3 Å². The summed E-state index contributed by atoms with van der Waals surface area (Å²) < 4.78 is 0. The maximum Gasteiger partial charge on any atom is 0.224 e. The van der Waals surface area contributed by atoms with E-state index in [-0.39, 0.29) is 12.3 Å². The molecule has 1 amide bonds. The van der Waals surface area contributed by atoms with Gasteiger partial charge in [-0.15, -0.1) is 0 Å². The lowest BCUT2D eigenvalue weighted by Gasteiger charge is -2.33. The summed E-state index contributed by atoms with van der Waals surface area (Å²) in [6.07, 6.45) is 1.40. The van der Waals surface area contributed by atoms with Gasteiger partial charge in [-0.3, -0.25) is 4.79 Å². The Hall–Kier alpha value is -1.43. The van der Waals surface area contributed by atoms with Crippen LogP contribution in [0.2, 0.25) is 0 Å². The number of hydrogen-bond acceptors (Lipinski definition) is 4. The van der Waals surface area contributed by atoms with E-state index in [1.165, 1.54) is 0 Å². The molecule has 5 N–H and O–H groups in total. The van der Waals surface area contributed by atoms with Gasteiger partial charge < -0.3 is 21.3 Å². The maximum absolute atomic E-state index is 12.1. The van der Waals surface area contributed by atoms with Gasteiger partial charge in [0.15, 0.2) is 0 Å². The molecule has 1 aromatic carbocycles. The average molecular weight is 292 g/mol. The van der Waals surface area contributed by atoms with E-state index in [2.05, 4.69) is 5.32 Å². The number of benzene rings is 1. The van der Waals surface area contributed by atoms with Crippen molar-refractivity contribution < 1.29 is 15.0 Å². The molecule has 116 valence electrons. The first-order valence-corrected chi connectivity index (χ1v) is 7.53. The summed E-state index contributed by atoms with van der Waals surface area (Å²) in [4.78, 5) is 12.1. The van der Waals surface area contributed by atoms with Gasteiger partial charge >= 0.3 is 0 Å². The third-order valence-corrected chi connectivity index (χ3v) is 4.06. The highest BCUT2D eigenvalue weighted by Crippen LogP contribution is 2.18. The zero-order chi connectivity index (χ0) is 15.2. The van der Waals surface area contributed by atoms with Crippen molar-refractivity contribution in [3.63, 3.8) is 0 Å². The zero-order valence-electron chi connectivity index (χ0n) is 12.1. The molecule has 0 aliphatic heterocycles. The average Bonchev–Trinajstić information content (AvgIpc) is 2.48. The molecule has 1 fully saturated rings. The highest BCUT2D eigenvalue weighted by molar-refractivity contribution is 5.78. The van der Waals surface area contributed by atoms with Crippen LogP contribution < -0.4 is 11.1 Å². The molecule has 1 aromatic rings. The van der Waals surface area contributed by atoms with Crippen LogP contribution in [0, 0.1) is 0 Å². The number of nitrogens with two attached hydrogens (primary N) is 1. The van der Waals surface area contributed by atoms with Gasteiger partial charge in [0.25, 0.3) is 0 Å². The lowest BCUT2D eigenvalue weighted by atomic mass is 9.89. The smallest absolute Gasteiger partial charge is 0.224 e. The van der Waals surface area contributed by atoms with Crippen LogP contribution in [0.3, 0.4) is 0 Å². The molecule has 5 nitrogen and oxygen atoms in total. The van der Waals surface area contributed by atoms with Crippen molar-refractivity contribution in [1.82, 2.24) is 5.32 Å². The maximum atomic E-state index is 12.1. The molecule has 21 heavy (non-hydrogen) atoms. The molecule has 0 unspecified atom stereocenters. The topological polar surface area (TPSA) is 95.6 Å². The Kier molecular flexibility index (Phi) is 5.73. The number of aliphatic hydroxyl groups is 2. The molecule has 0 radical (unpaired) electrons. The fourth-order valence-corrected chi connectivity index (χ4v) is 2.77. The molecule has 0 spiro atoms. The Morgan fingerprint density at radius 3 is 2.52 bits per heavy atom. The van der Waals surface area contributed by atoms with Gasteiger partial charge in [-0.1, -0.05) is 43.2 Å². The highest BCUT2D eigenvalue weighted by atomic mass is 16.3. The molecule has 1 saturated carbocycles. The van der Waals surface area contributed by atoms with Crippen LogP contribution in [0.1, 0.15) is 31.2 Å². The van der Waals surface area contributed by atoms with Gasteiger partial charge in [0.1, 0.15) is 6.10 Å². The number of carbonyl (C=O) groups is 1. The van der Waals surface area contributed by atoms with E-state index in [1.807, 2.05) is 30.3 Å². The third kappa shape index (κ3) is 4.52. The van der Waals surface area contributed by atoms with E-state index in [1.54, 1.807) is 0 Å². The fraction of sp³-hybridized carbons (Fsp3) is 0.562. The molecular weight excluding hydrogens is 268 g/mol. The van der Waals surface area contributed by atoms with Crippen molar-refractivity contribution in [2.75, 3.05) is 0 Å². The molecule has 4 atom stereocenters. The van der Waals surface area contributed by atoms with E-state index in [4.69, 9.17) is 5.73 Å². The highest BCUT2D eigenvalue weighted by Gasteiger charge is 2.32. The number of nitrogens with one attached hydrogen (secondary N) is 1. The lowest BCUT2D eigenvalue weighted by Crippen LogP contribution is -2.55. The summed E-state index contributed by atoms with van der Waals surface area (Å²) in [7, 11) is 0. The Morgan fingerprint density at radius 1 is 1.14 bits per heavy atom. The van der Waals surface area contributed by atoms with Crippen molar-refractivity contribution in [2.45, 2.75) is 56.4 Å². The minimum absolute atomic E-state index is 0.147. The van der Waals surface area contributed by atoms with Crippen LogP contribution >= 0.6 is 0 Å². The van der Waals surface area contributed by atoms with Gasteiger partial charge in [0.05, 0.1) is 18.6 Å². The molecule has 1 aliphatic rings. The number of carbonyl (C=O) groups excluding carboxylic acids is 1. The molecular formula is C16H24N2O3. The number of rotatable bonds is 3. The van der Waals surface area contributed by atoms with Crippen molar-refractivity contribution in [1.29, 1.82) is 0 Å². The summed E-state index contributed by atoms with van der Waals surface area (Å²) in [5.74, 6) is -0.147. The largest absolute Gasteiger partial charge is 0.389 e. The Morgan fingerprint density at radius 2 is 1.81 bits per heavy atom. The quantitative estimate of drug-likeness (QED) is 0.646. The predicted octanol–water partition coefficient (Wildman–Crippen LogP) is 0.337. The summed E-state index contributed by atoms with van der Waals surface area (Å²) in [6.45, 7) is 0. The molecule has 0 saturated heterocycles. The fourth-order valence-electron chi connectivity index (χ4n) is 2.77. The van der Waals surface area contributed by atoms with Gasteiger partial charge in [0, 0.05) is 6.04 Å². The number of amides is 1. The number of aliphatic hydroxyl groups excluding tert-OH is 2. The molecule has 0 aromatic heterocycles. The summed E-state index contributed by atoms with van der Waals surface area (Å²) in [6, 6.07) is 8.57. The standard InChI is InChI=1S/C16H24N2O3/c17-12-8-4-5-9-13(16(21)15(12)20)18-14(19)10-11-6-2-1-3-7-11/h1-3,6-7,12-13,15-16,20-21H,4-5,8-10,17H2,(H,18,19)/t12-,13+,15-,16+/m0/s1. The van der Waals surface area contributed by atoms with Crippen molar-refractivity contribution in [2.24, 2.45) is 5.73 Å². The molecule has 5 heteroatoms. The Balaban J connectivity index is 1.94. The molecule has 0 bridgehead atoms. The molecule has 0 heterocycles. The van der Waals surface area contributed by atoms with Crippen molar-refractivity contribution >= 4 is 5.91 Å². The van der Waals surface area contributed by atoms with E-state index >= 15 is 0 Å². The van der Waals surface area contributed by atoms with Crippen molar-refractivity contribution in [3.05, 3.63) is 35.9 Å². The van der Waals surface area contributed by atoms with Gasteiger partial charge in [-0.25, -0.2) is 0 Å². The Bertz CT molecular complexity index is 452. The van der Waals surface area contributed by atoms with Gasteiger partial charge in [-0.2, -0.15) is 0 Å². The second kappa shape index (κ2) is 7.54. The Labute approximate surface area is 125 Å². The number of hydrogen-bond donors (Lipinski definition) is 4. The minimum atomic E-state index is -1.01. The summed E-state index contributed by atoms with van der Waals surface area (Å²) in [5.41, 5.74) is 6.76. The second-order valence-electron chi connectivity index (χ2n) is 5.77. The normalized spacial score (nSPS) is 30.2. The minimum Gasteiger partial charge on any atom is -0.389 e. The first-order chi connectivity index (χ1) is 10.1. The van der Waals surface area contributed by atoms with Gasteiger partial charge in [0.2, 0.25) is 5.91 Å².